The first kappa shape index (κ1) is 23.4. The Hall–Kier alpha value is -2.78. The number of hydrogen-bond acceptors (Lipinski definition) is 6. The van der Waals surface area contributed by atoms with Crippen LogP contribution < -0.4 is 10.9 Å². The van der Waals surface area contributed by atoms with Gasteiger partial charge < -0.3 is 15.0 Å². The van der Waals surface area contributed by atoms with Crippen molar-refractivity contribution in [3.05, 3.63) is 52.3 Å². The summed E-state index contributed by atoms with van der Waals surface area (Å²) in [5, 5.41) is 2.87. The number of carbonyl (C=O) groups is 1. The van der Waals surface area contributed by atoms with E-state index in [0.29, 0.717) is 35.0 Å². The van der Waals surface area contributed by atoms with Crippen molar-refractivity contribution in [2.45, 2.75) is 45.8 Å². The summed E-state index contributed by atoms with van der Waals surface area (Å²) in [7, 11) is 0. The molecule has 176 valence electrons. The van der Waals surface area contributed by atoms with Crippen LogP contribution in [-0.2, 0) is 11.3 Å². The first-order valence-electron chi connectivity index (χ1n) is 11.1. The number of benzene rings is 1. The van der Waals surface area contributed by atoms with E-state index in [1.54, 1.807) is 12.1 Å². The number of thiophene rings is 1. The van der Waals surface area contributed by atoms with Gasteiger partial charge in [-0.05, 0) is 69.8 Å². The fourth-order valence-corrected chi connectivity index (χ4v) is 5.03. The number of carbonyl (C=O) groups excluding carboxylic acids is 1. The molecular formula is C24H29FN4O3S. The Kier molecular flexibility index (Phi) is 6.81. The highest BCUT2D eigenvalue weighted by Crippen LogP contribution is 2.31. The molecule has 1 saturated heterocycles. The molecule has 1 amide bonds. The summed E-state index contributed by atoms with van der Waals surface area (Å²) in [6.45, 7) is 8.34. The summed E-state index contributed by atoms with van der Waals surface area (Å²) in [6, 6.07) is 8.11. The molecular weight excluding hydrogens is 443 g/mol. The van der Waals surface area contributed by atoms with Crippen molar-refractivity contribution in [2.75, 3.05) is 19.6 Å². The fraction of sp³-hybridized carbons (Fsp3) is 0.458. The lowest BCUT2D eigenvalue weighted by atomic mass is 9.98. The van der Waals surface area contributed by atoms with E-state index < -0.39 is 11.7 Å². The molecule has 2 N–H and O–H groups in total. The van der Waals surface area contributed by atoms with Crippen LogP contribution in [-0.4, -0.2) is 46.2 Å². The van der Waals surface area contributed by atoms with Gasteiger partial charge in [-0.15, -0.1) is 11.3 Å². The van der Waals surface area contributed by atoms with E-state index in [-0.39, 0.29) is 11.4 Å². The number of nitrogens with one attached hydrogen (secondary N) is 2. The first-order chi connectivity index (χ1) is 15.7. The number of ether oxygens (including phenoxy) is 1. The highest BCUT2D eigenvalue weighted by atomic mass is 32.1. The average Bonchev–Trinajstić information content (AvgIpc) is 3.17. The minimum Gasteiger partial charge on any atom is -0.444 e. The highest BCUT2D eigenvalue weighted by Gasteiger charge is 2.23. The van der Waals surface area contributed by atoms with Crippen molar-refractivity contribution in [3.63, 3.8) is 0 Å². The number of amides is 1. The predicted octanol–water partition coefficient (Wildman–Crippen LogP) is 4.53. The molecule has 0 radical (unpaired) electrons. The summed E-state index contributed by atoms with van der Waals surface area (Å²) in [4.78, 5) is 35.3. The van der Waals surface area contributed by atoms with E-state index >= 15 is 0 Å². The number of nitrogens with zero attached hydrogens (tertiary/aromatic N) is 2. The zero-order chi connectivity index (χ0) is 23.6. The molecule has 1 fully saturated rings. The second-order valence-corrected chi connectivity index (χ2v) is 10.5. The minimum atomic E-state index is -0.517. The number of aromatic amines is 1. The van der Waals surface area contributed by atoms with E-state index in [1.807, 2.05) is 26.8 Å². The Balaban J connectivity index is 1.41. The van der Waals surface area contributed by atoms with E-state index in [4.69, 9.17) is 4.74 Å². The number of H-pyrrole nitrogens is 1. The van der Waals surface area contributed by atoms with Crippen LogP contribution >= 0.6 is 11.3 Å². The molecule has 1 aliphatic rings. The monoisotopic (exact) mass is 472 g/mol. The third kappa shape index (κ3) is 6.17. The molecule has 0 spiro atoms. The quantitative estimate of drug-likeness (QED) is 0.570. The Morgan fingerprint density at radius 3 is 2.82 bits per heavy atom. The van der Waals surface area contributed by atoms with Crippen molar-refractivity contribution < 1.29 is 13.9 Å². The van der Waals surface area contributed by atoms with Gasteiger partial charge in [0.05, 0.1) is 12.1 Å². The van der Waals surface area contributed by atoms with Gasteiger partial charge in [0.15, 0.2) is 0 Å². The Morgan fingerprint density at radius 1 is 1.33 bits per heavy atom. The number of hydrogen-bond donors (Lipinski definition) is 2. The summed E-state index contributed by atoms with van der Waals surface area (Å²) < 4.78 is 19.1. The third-order valence-corrected chi connectivity index (χ3v) is 6.64. The molecule has 1 unspecified atom stereocenters. The van der Waals surface area contributed by atoms with Crippen LogP contribution in [0.3, 0.4) is 0 Å². The van der Waals surface area contributed by atoms with Crippen LogP contribution in [0, 0.1) is 11.7 Å². The molecule has 33 heavy (non-hydrogen) atoms. The summed E-state index contributed by atoms with van der Waals surface area (Å²) in [5.41, 5.74) is 0.834. The number of fused-ring (bicyclic) bond motifs is 1. The van der Waals surface area contributed by atoms with Crippen LogP contribution in [0.2, 0.25) is 0 Å². The minimum absolute atomic E-state index is 0.159. The summed E-state index contributed by atoms with van der Waals surface area (Å²) >= 11 is 1.36. The maximum Gasteiger partial charge on any atom is 0.407 e. The predicted molar refractivity (Wildman–Crippen MR) is 128 cm³/mol. The van der Waals surface area contributed by atoms with Crippen LogP contribution in [0.4, 0.5) is 9.18 Å². The molecule has 2 aromatic heterocycles. The first-order valence-corrected chi connectivity index (χ1v) is 12.0. The SMILES string of the molecule is CC(C)(C)OC(=O)NCC1CCCN(Cc2nc3cc(-c4ccc(F)cc4)sc3c(=O)[nH]2)C1. The maximum atomic E-state index is 13.2. The largest absolute Gasteiger partial charge is 0.444 e. The Morgan fingerprint density at radius 2 is 2.09 bits per heavy atom. The second kappa shape index (κ2) is 9.61. The highest BCUT2D eigenvalue weighted by molar-refractivity contribution is 7.22. The van der Waals surface area contributed by atoms with Crippen molar-refractivity contribution >= 4 is 27.6 Å². The van der Waals surface area contributed by atoms with Gasteiger partial charge in [-0.25, -0.2) is 14.2 Å². The number of halogens is 1. The fourth-order valence-electron chi connectivity index (χ4n) is 4.03. The van der Waals surface area contributed by atoms with Gasteiger partial charge in [0.25, 0.3) is 5.56 Å². The Bertz CT molecular complexity index is 1180. The number of rotatable bonds is 5. The van der Waals surface area contributed by atoms with Gasteiger partial charge in [-0.2, -0.15) is 0 Å². The normalized spacial score (nSPS) is 17.3. The second-order valence-electron chi connectivity index (χ2n) is 9.47. The van der Waals surface area contributed by atoms with Crippen molar-refractivity contribution in [3.8, 4) is 10.4 Å². The van der Waals surface area contributed by atoms with Gasteiger partial charge >= 0.3 is 6.09 Å². The van der Waals surface area contributed by atoms with Crippen molar-refractivity contribution in [2.24, 2.45) is 5.92 Å². The number of alkyl carbamates (subject to hydrolysis) is 1. The molecule has 0 aliphatic carbocycles. The topological polar surface area (TPSA) is 87.3 Å². The molecule has 0 bridgehead atoms. The van der Waals surface area contributed by atoms with Gasteiger partial charge in [-0.3, -0.25) is 9.69 Å². The van der Waals surface area contributed by atoms with Crippen molar-refractivity contribution in [1.82, 2.24) is 20.2 Å². The van der Waals surface area contributed by atoms with Gasteiger partial charge in [0, 0.05) is 18.0 Å². The average molecular weight is 473 g/mol. The molecule has 3 aromatic rings. The standard InChI is InChI=1S/C24H29FN4O3S/c1-24(2,3)32-23(31)26-12-15-5-4-10-29(13-15)14-20-27-18-11-19(33-21(18)22(30)28-20)16-6-8-17(25)9-7-16/h6-9,11,15H,4-5,10,12-14H2,1-3H3,(H,26,31)(H,27,28,30). The van der Waals surface area contributed by atoms with Crippen LogP contribution in [0.5, 0.6) is 0 Å². The van der Waals surface area contributed by atoms with E-state index in [9.17, 15) is 14.0 Å². The van der Waals surface area contributed by atoms with Crippen LogP contribution in [0.15, 0.2) is 35.1 Å². The molecule has 1 aromatic carbocycles. The maximum absolute atomic E-state index is 13.2. The van der Waals surface area contributed by atoms with E-state index in [0.717, 1.165) is 36.4 Å². The lowest BCUT2D eigenvalue weighted by Gasteiger charge is -2.32. The van der Waals surface area contributed by atoms with E-state index in [2.05, 4.69) is 20.2 Å². The number of aromatic nitrogens is 2. The molecule has 7 nitrogen and oxygen atoms in total. The molecule has 0 saturated carbocycles. The zero-order valence-corrected chi connectivity index (χ0v) is 19.9. The molecule has 3 heterocycles. The third-order valence-electron chi connectivity index (χ3n) is 5.47. The Labute approximate surface area is 196 Å². The molecule has 4 rings (SSSR count). The van der Waals surface area contributed by atoms with Crippen LogP contribution in [0.25, 0.3) is 20.7 Å². The van der Waals surface area contributed by atoms with Gasteiger partial charge in [0.1, 0.15) is 21.9 Å². The molecule has 1 aliphatic heterocycles. The smallest absolute Gasteiger partial charge is 0.407 e. The number of piperidine rings is 1. The number of likely N-dealkylation sites (tertiary alicyclic amines) is 1. The van der Waals surface area contributed by atoms with Gasteiger partial charge in [-0.1, -0.05) is 12.1 Å². The lowest BCUT2D eigenvalue weighted by Crippen LogP contribution is -2.42. The summed E-state index contributed by atoms with van der Waals surface area (Å²) in [5.74, 6) is 0.643. The summed E-state index contributed by atoms with van der Waals surface area (Å²) in [6.07, 6.45) is 1.65. The van der Waals surface area contributed by atoms with E-state index in [1.165, 1.54) is 23.5 Å². The molecule has 1 atom stereocenters. The molecule has 9 heteroatoms. The van der Waals surface area contributed by atoms with Gasteiger partial charge in [0.2, 0.25) is 0 Å². The lowest BCUT2D eigenvalue weighted by molar-refractivity contribution is 0.0505. The van der Waals surface area contributed by atoms with Crippen LogP contribution in [0.1, 0.15) is 39.4 Å². The van der Waals surface area contributed by atoms with Crippen molar-refractivity contribution in [1.29, 1.82) is 0 Å². The zero-order valence-electron chi connectivity index (χ0n) is 19.1.